The molecule has 0 radical (unpaired) electrons. The summed E-state index contributed by atoms with van der Waals surface area (Å²) in [6.45, 7) is 1.69. The molecule has 0 bridgehead atoms. The van der Waals surface area contributed by atoms with Crippen molar-refractivity contribution in [1.82, 2.24) is 15.0 Å². The highest BCUT2D eigenvalue weighted by Gasteiger charge is 2.18. The second kappa shape index (κ2) is 6.59. The van der Waals surface area contributed by atoms with E-state index >= 15 is 0 Å². The zero-order valence-corrected chi connectivity index (χ0v) is 13.9. The summed E-state index contributed by atoms with van der Waals surface area (Å²) in [7, 11) is 0. The monoisotopic (exact) mass is 364 g/mol. The molecule has 0 spiro atoms. The molecule has 1 N–H and O–H groups in total. The van der Waals surface area contributed by atoms with Crippen LogP contribution in [-0.2, 0) is 0 Å². The summed E-state index contributed by atoms with van der Waals surface area (Å²) in [5.41, 5.74) is 1.28. The predicted octanol–water partition coefficient (Wildman–Crippen LogP) is 4.27. The lowest BCUT2D eigenvalue weighted by molar-refractivity contribution is 0.102. The maximum atomic E-state index is 13.8. The van der Waals surface area contributed by atoms with Crippen LogP contribution in [0.5, 0.6) is 0 Å². The van der Waals surface area contributed by atoms with Crippen LogP contribution in [0.1, 0.15) is 16.2 Å². The smallest absolute Gasteiger partial charge is 0.278 e. The van der Waals surface area contributed by atoms with Crippen molar-refractivity contribution in [3.05, 3.63) is 69.7 Å². The average molecular weight is 365 g/mol. The Morgan fingerprint density at radius 2 is 1.92 bits per heavy atom. The van der Waals surface area contributed by atoms with Crippen molar-refractivity contribution in [1.29, 1.82) is 0 Å². The molecule has 3 aromatic rings. The van der Waals surface area contributed by atoms with Crippen molar-refractivity contribution in [3.8, 4) is 5.69 Å². The molecule has 3 rings (SSSR count). The van der Waals surface area contributed by atoms with Crippen LogP contribution in [0.15, 0.2) is 42.5 Å². The minimum atomic E-state index is -0.629. The number of nitrogens with one attached hydrogen (secondary N) is 1. The van der Waals surface area contributed by atoms with E-state index in [-0.39, 0.29) is 16.4 Å². The largest absolute Gasteiger partial charge is 0.318 e. The summed E-state index contributed by atoms with van der Waals surface area (Å²) in [6, 6.07) is 11.0. The summed E-state index contributed by atoms with van der Waals surface area (Å²) in [4.78, 5) is 12.3. The van der Waals surface area contributed by atoms with Crippen LogP contribution in [0, 0.1) is 12.7 Å². The lowest BCUT2D eigenvalue weighted by atomic mass is 10.2. The van der Waals surface area contributed by atoms with Crippen molar-refractivity contribution in [2.24, 2.45) is 0 Å². The number of anilines is 1. The minimum Gasteiger partial charge on any atom is -0.318 e. The van der Waals surface area contributed by atoms with Crippen LogP contribution in [0.3, 0.4) is 0 Å². The maximum absolute atomic E-state index is 13.8. The molecule has 5 nitrogen and oxygen atoms in total. The van der Waals surface area contributed by atoms with Gasteiger partial charge in [-0.25, -0.2) is 9.07 Å². The van der Waals surface area contributed by atoms with E-state index in [1.807, 2.05) is 0 Å². The van der Waals surface area contributed by atoms with Crippen LogP contribution in [0.2, 0.25) is 10.0 Å². The lowest BCUT2D eigenvalue weighted by Gasteiger charge is -2.06. The van der Waals surface area contributed by atoms with Crippen LogP contribution in [-0.4, -0.2) is 20.9 Å². The molecule has 0 unspecified atom stereocenters. The van der Waals surface area contributed by atoms with Gasteiger partial charge in [-0.2, -0.15) is 0 Å². The normalized spacial score (nSPS) is 10.7. The molecular weight excluding hydrogens is 354 g/mol. The van der Waals surface area contributed by atoms with Crippen molar-refractivity contribution in [2.45, 2.75) is 6.92 Å². The highest BCUT2D eigenvalue weighted by Crippen LogP contribution is 2.21. The quantitative estimate of drug-likeness (QED) is 0.754. The Bertz CT molecular complexity index is 926. The number of hydrogen-bond donors (Lipinski definition) is 1. The number of benzene rings is 2. The van der Waals surface area contributed by atoms with E-state index in [9.17, 15) is 9.18 Å². The first-order chi connectivity index (χ1) is 11.5. The first kappa shape index (κ1) is 16.4. The van der Waals surface area contributed by atoms with E-state index in [1.54, 1.807) is 31.2 Å². The SMILES string of the molecule is Cc1c(C(=O)Nc2ccc(Cl)cc2F)nnn1-c1cccc(Cl)c1. The fourth-order valence-corrected chi connectivity index (χ4v) is 2.51. The Kier molecular flexibility index (Phi) is 4.51. The second-order valence-electron chi connectivity index (χ2n) is 4.99. The number of hydrogen-bond acceptors (Lipinski definition) is 3. The summed E-state index contributed by atoms with van der Waals surface area (Å²) in [5.74, 6) is -1.20. The van der Waals surface area contributed by atoms with Gasteiger partial charge < -0.3 is 5.32 Å². The molecule has 2 aromatic carbocycles. The molecule has 1 aromatic heterocycles. The topological polar surface area (TPSA) is 59.8 Å². The zero-order valence-electron chi connectivity index (χ0n) is 12.4. The minimum absolute atomic E-state index is 0.0149. The molecule has 0 aliphatic carbocycles. The molecular formula is C16H11Cl2FN4O. The van der Waals surface area contributed by atoms with E-state index in [0.29, 0.717) is 16.4 Å². The summed E-state index contributed by atoms with van der Waals surface area (Å²) >= 11 is 11.7. The Balaban J connectivity index is 1.89. The molecule has 0 fully saturated rings. The number of halogens is 3. The standard InChI is InChI=1S/C16H11Cl2FN4O/c1-9-15(16(24)20-14-6-5-11(18)8-13(14)19)21-22-23(9)12-4-2-3-10(17)7-12/h2-8H,1H3,(H,20,24). The third kappa shape index (κ3) is 3.25. The molecule has 1 amide bonds. The molecule has 0 saturated heterocycles. The van der Waals surface area contributed by atoms with Gasteiger partial charge in [0.25, 0.3) is 5.91 Å². The number of carbonyl (C=O) groups excluding carboxylic acids is 1. The number of carbonyl (C=O) groups is 1. The van der Waals surface area contributed by atoms with Crippen LogP contribution in [0.25, 0.3) is 5.69 Å². The lowest BCUT2D eigenvalue weighted by Crippen LogP contribution is -2.15. The molecule has 0 aliphatic rings. The van der Waals surface area contributed by atoms with E-state index < -0.39 is 11.7 Å². The van der Waals surface area contributed by atoms with Gasteiger partial charge in [0.15, 0.2) is 5.69 Å². The number of nitrogens with zero attached hydrogens (tertiary/aromatic N) is 3. The van der Waals surface area contributed by atoms with Gasteiger partial charge in [-0.15, -0.1) is 5.10 Å². The number of rotatable bonds is 3. The van der Waals surface area contributed by atoms with Crippen LogP contribution in [0.4, 0.5) is 10.1 Å². The molecule has 0 saturated carbocycles. The van der Waals surface area contributed by atoms with Crippen molar-refractivity contribution in [2.75, 3.05) is 5.32 Å². The Labute approximate surface area is 147 Å². The van der Waals surface area contributed by atoms with Gasteiger partial charge in [0.2, 0.25) is 0 Å². The van der Waals surface area contributed by atoms with Gasteiger partial charge >= 0.3 is 0 Å². The fourth-order valence-electron chi connectivity index (χ4n) is 2.16. The molecule has 8 heteroatoms. The first-order valence-corrected chi connectivity index (χ1v) is 7.66. The zero-order chi connectivity index (χ0) is 17.3. The van der Waals surface area contributed by atoms with Crippen LogP contribution >= 0.6 is 23.2 Å². The molecule has 1 heterocycles. The van der Waals surface area contributed by atoms with Crippen molar-refractivity contribution >= 4 is 34.8 Å². The first-order valence-electron chi connectivity index (χ1n) is 6.90. The summed E-state index contributed by atoms with van der Waals surface area (Å²) < 4.78 is 15.3. The van der Waals surface area contributed by atoms with E-state index in [4.69, 9.17) is 23.2 Å². The third-order valence-corrected chi connectivity index (χ3v) is 3.81. The van der Waals surface area contributed by atoms with Crippen LogP contribution < -0.4 is 5.32 Å². The van der Waals surface area contributed by atoms with Gasteiger partial charge in [0, 0.05) is 10.0 Å². The maximum Gasteiger partial charge on any atom is 0.278 e. The molecule has 0 atom stereocenters. The second-order valence-corrected chi connectivity index (χ2v) is 5.87. The molecule has 0 aliphatic heterocycles. The highest BCUT2D eigenvalue weighted by molar-refractivity contribution is 6.31. The summed E-state index contributed by atoms with van der Waals surface area (Å²) in [5, 5.41) is 11.1. The Hall–Kier alpha value is -2.44. The Morgan fingerprint density at radius 1 is 1.17 bits per heavy atom. The van der Waals surface area contributed by atoms with E-state index in [1.165, 1.54) is 16.8 Å². The number of amides is 1. The van der Waals surface area contributed by atoms with Crippen molar-refractivity contribution < 1.29 is 9.18 Å². The molecule has 122 valence electrons. The highest BCUT2D eigenvalue weighted by atomic mass is 35.5. The average Bonchev–Trinajstić information content (AvgIpc) is 2.92. The van der Waals surface area contributed by atoms with Gasteiger partial charge in [-0.05, 0) is 43.3 Å². The van der Waals surface area contributed by atoms with E-state index in [0.717, 1.165) is 6.07 Å². The van der Waals surface area contributed by atoms with E-state index in [2.05, 4.69) is 15.6 Å². The number of aromatic nitrogens is 3. The van der Waals surface area contributed by atoms with Gasteiger partial charge in [-0.3, -0.25) is 4.79 Å². The van der Waals surface area contributed by atoms with Gasteiger partial charge in [0.1, 0.15) is 5.82 Å². The fraction of sp³-hybridized carbons (Fsp3) is 0.0625. The third-order valence-electron chi connectivity index (χ3n) is 3.34. The Morgan fingerprint density at radius 3 is 2.62 bits per heavy atom. The molecule has 24 heavy (non-hydrogen) atoms. The predicted molar refractivity (Wildman–Crippen MR) is 90.5 cm³/mol. The van der Waals surface area contributed by atoms with Gasteiger partial charge in [-0.1, -0.05) is 34.5 Å². The van der Waals surface area contributed by atoms with Crippen molar-refractivity contribution in [3.63, 3.8) is 0 Å². The summed E-state index contributed by atoms with van der Waals surface area (Å²) in [6.07, 6.45) is 0. The van der Waals surface area contributed by atoms with Gasteiger partial charge in [0.05, 0.1) is 17.1 Å².